The Bertz CT molecular complexity index is 628. The van der Waals surface area contributed by atoms with Crippen LogP contribution in [0.1, 0.15) is 44.1 Å². The highest BCUT2D eigenvalue weighted by molar-refractivity contribution is 5.73. The molecular formula is C22H33N3O. The number of carbonyl (C=O) groups excluding carboxylic acids is 1. The zero-order valence-electron chi connectivity index (χ0n) is 16.3. The smallest absolute Gasteiger partial charge is 0.314 e. The van der Waals surface area contributed by atoms with E-state index in [1.807, 2.05) is 14.1 Å². The Balaban J connectivity index is 1.43. The molecule has 0 radical (unpaired) electrons. The van der Waals surface area contributed by atoms with Crippen LogP contribution in [0, 0.1) is 17.3 Å². The SMILES string of the molecule is CN(C)CCNC(=O)NCC12CC3CC(C1)CC(c1ccccc1)(C3)C2. The van der Waals surface area contributed by atoms with Crippen molar-refractivity contribution in [2.24, 2.45) is 17.3 Å². The van der Waals surface area contributed by atoms with Gasteiger partial charge in [-0.2, -0.15) is 0 Å². The van der Waals surface area contributed by atoms with Crippen LogP contribution >= 0.6 is 0 Å². The predicted molar refractivity (Wildman–Crippen MR) is 105 cm³/mol. The molecule has 0 aliphatic heterocycles. The van der Waals surface area contributed by atoms with Crippen LogP contribution < -0.4 is 10.6 Å². The molecular weight excluding hydrogens is 322 g/mol. The van der Waals surface area contributed by atoms with Crippen molar-refractivity contribution in [2.45, 2.75) is 43.9 Å². The number of benzene rings is 1. The van der Waals surface area contributed by atoms with Gasteiger partial charge in [-0.3, -0.25) is 0 Å². The molecule has 0 saturated heterocycles. The van der Waals surface area contributed by atoms with E-state index in [4.69, 9.17) is 0 Å². The van der Waals surface area contributed by atoms with Gasteiger partial charge in [0, 0.05) is 19.6 Å². The highest BCUT2D eigenvalue weighted by Crippen LogP contribution is 2.65. The van der Waals surface area contributed by atoms with Gasteiger partial charge in [0.15, 0.2) is 0 Å². The number of hydrogen-bond acceptors (Lipinski definition) is 2. The van der Waals surface area contributed by atoms with Crippen molar-refractivity contribution < 1.29 is 4.79 Å². The van der Waals surface area contributed by atoms with Crippen molar-refractivity contribution in [3.63, 3.8) is 0 Å². The minimum Gasteiger partial charge on any atom is -0.338 e. The molecule has 2 unspecified atom stereocenters. The van der Waals surface area contributed by atoms with Gasteiger partial charge in [0.25, 0.3) is 0 Å². The van der Waals surface area contributed by atoms with Gasteiger partial charge in [0.05, 0.1) is 0 Å². The van der Waals surface area contributed by atoms with E-state index in [0.717, 1.165) is 24.9 Å². The highest BCUT2D eigenvalue weighted by Gasteiger charge is 2.57. The summed E-state index contributed by atoms with van der Waals surface area (Å²) in [5, 5.41) is 6.21. The molecule has 4 bridgehead atoms. The first-order valence-electron chi connectivity index (χ1n) is 10.2. The second-order valence-corrected chi connectivity index (χ2v) is 9.52. The molecule has 2 atom stereocenters. The largest absolute Gasteiger partial charge is 0.338 e. The van der Waals surface area contributed by atoms with Crippen LogP contribution in [0.4, 0.5) is 4.79 Å². The Morgan fingerprint density at radius 2 is 1.77 bits per heavy atom. The maximum atomic E-state index is 12.2. The fourth-order valence-electron chi connectivity index (χ4n) is 6.51. The summed E-state index contributed by atoms with van der Waals surface area (Å²) in [5.74, 6) is 1.69. The van der Waals surface area contributed by atoms with Crippen molar-refractivity contribution in [2.75, 3.05) is 33.7 Å². The maximum Gasteiger partial charge on any atom is 0.314 e. The lowest BCUT2D eigenvalue weighted by molar-refractivity contribution is -0.0693. The molecule has 2 N–H and O–H groups in total. The number of urea groups is 1. The summed E-state index contributed by atoms with van der Waals surface area (Å²) in [6.07, 6.45) is 7.96. The molecule has 2 amide bonds. The lowest BCUT2D eigenvalue weighted by atomic mass is 9.43. The number of nitrogens with one attached hydrogen (secondary N) is 2. The molecule has 4 nitrogen and oxygen atoms in total. The molecule has 5 rings (SSSR count). The minimum absolute atomic E-state index is 0.00337. The van der Waals surface area contributed by atoms with Crippen LogP contribution in [-0.2, 0) is 5.41 Å². The van der Waals surface area contributed by atoms with Crippen LogP contribution in [0.2, 0.25) is 0 Å². The minimum atomic E-state index is -0.00337. The van der Waals surface area contributed by atoms with E-state index in [0.29, 0.717) is 17.4 Å². The quantitative estimate of drug-likeness (QED) is 0.821. The molecule has 0 spiro atoms. The lowest BCUT2D eigenvalue weighted by Crippen LogP contribution is -2.57. The predicted octanol–water partition coefficient (Wildman–Crippen LogP) is 3.39. The molecule has 142 valence electrons. The number of likely N-dealkylation sites (N-methyl/N-ethyl adjacent to an activating group) is 1. The summed E-state index contributed by atoms with van der Waals surface area (Å²) >= 11 is 0. The number of rotatable bonds is 6. The third-order valence-corrected chi connectivity index (χ3v) is 7.04. The van der Waals surface area contributed by atoms with E-state index >= 15 is 0 Å². The average Bonchev–Trinajstić information content (AvgIpc) is 2.59. The summed E-state index contributed by atoms with van der Waals surface area (Å²) < 4.78 is 0. The molecule has 4 aliphatic rings. The highest BCUT2D eigenvalue weighted by atomic mass is 16.2. The van der Waals surface area contributed by atoms with E-state index in [1.54, 1.807) is 0 Å². The third kappa shape index (κ3) is 3.48. The fourth-order valence-corrected chi connectivity index (χ4v) is 6.51. The maximum absolute atomic E-state index is 12.2. The summed E-state index contributed by atoms with van der Waals surface area (Å²) in [5.41, 5.74) is 2.20. The lowest BCUT2D eigenvalue weighted by Gasteiger charge is -2.62. The van der Waals surface area contributed by atoms with Crippen molar-refractivity contribution in [3.05, 3.63) is 35.9 Å². The Labute approximate surface area is 157 Å². The van der Waals surface area contributed by atoms with Gasteiger partial charge in [-0.05, 0) is 80.8 Å². The normalized spacial score (nSPS) is 34.9. The van der Waals surface area contributed by atoms with E-state index < -0.39 is 0 Å². The first kappa shape index (κ1) is 17.8. The van der Waals surface area contributed by atoms with Gasteiger partial charge >= 0.3 is 6.03 Å². The summed E-state index contributed by atoms with van der Waals surface area (Å²) in [6.45, 7) is 2.41. The van der Waals surface area contributed by atoms with Gasteiger partial charge in [-0.25, -0.2) is 4.79 Å². The number of hydrogen-bond donors (Lipinski definition) is 2. The number of amides is 2. The van der Waals surface area contributed by atoms with Crippen LogP contribution in [0.25, 0.3) is 0 Å². The Morgan fingerprint density at radius 1 is 1.08 bits per heavy atom. The molecule has 0 aromatic heterocycles. The second-order valence-electron chi connectivity index (χ2n) is 9.52. The third-order valence-electron chi connectivity index (χ3n) is 7.04. The van der Waals surface area contributed by atoms with Crippen molar-refractivity contribution in [3.8, 4) is 0 Å². The van der Waals surface area contributed by atoms with E-state index in [9.17, 15) is 4.79 Å². The van der Waals surface area contributed by atoms with E-state index in [1.165, 1.54) is 44.1 Å². The first-order valence-corrected chi connectivity index (χ1v) is 10.2. The molecule has 26 heavy (non-hydrogen) atoms. The zero-order chi connectivity index (χ0) is 18.2. The van der Waals surface area contributed by atoms with Crippen molar-refractivity contribution in [1.29, 1.82) is 0 Å². The first-order chi connectivity index (χ1) is 12.5. The topological polar surface area (TPSA) is 44.4 Å². The summed E-state index contributed by atoms with van der Waals surface area (Å²) in [4.78, 5) is 14.3. The van der Waals surface area contributed by atoms with Crippen LogP contribution in [-0.4, -0.2) is 44.7 Å². The Kier molecular flexibility index (Phi) is 4.72. The summed E-state index contributed by atoms with van der Waals surface area (Å²) in [7, 11) is 4.05. The number of nitrogens with zero attached hydrogens (tertiary/aromatic N) is 1. The standard InChI is InChI=1S/C22H33N3O/c1-25(2)9-8-23-20(26)24-16-21-11-17-10-18(12-21)14-22(13-17,15-21)19-6-4-3-5-7-19/h3-7,17-18H,8-16H2,1-2H3,(H2,23,24,26). The second kappa shape index (κ2) is 6.88. The summed E-state index contributed by atoms with van der Waals surface area (Å²) in [6, 6.07) is 11.2. The van der Waals surface area contributed by atoms with Crippen LogP contribution in [0.3, 0.4) is 0 Å². The fraction of sp³-hybridized carbons (Fsp3) is 0.682. The number of carbonyl (C=O) groups is 1. The van der Waals surface area contributed by atoms with Gasteiger partial charge in [-0.1, -0.05) is 30.3 Å². The molecule has 0 heterocycles. The van der Waals surface area contributed by atoms with Gasteiger partial charge < -0.3 is 15.5 Å². The monoisotopic (exact) mass is 355 g/mol. The molecule has 4 fully saturated rings. The van der Waals surface area contributed by atoms with E-state index in [2.05, 4.69) is 45.9 Å². The molecule has 4 saturated carbocycles. The van der Waals surface area contributed by atoms with Crippen LogP contribution in [0.15, 0.2) is 30.3 Å². The Morgan fingerprint density at radius 3 is 2.42 bits per heavy atom. The zero-order valence-corrected chi connectivity index (χ0v) is 16.3. The van der Waals surface area contributed by atoms with Crippen LogP contribution in [0.5, 0.6) is 0 Å². The van der Waals surface area contributed by atoms with Gasteiger partial charge in [0.2, 0.25) is 0 Å². The van der Waals surface area contributed by atoms with Crippen molar-refractivity contribution >= 4 is 6.03 Å². The van der Waals surface area contributed by atoms with Gasteiger partial charge in [0.1, 0.15) is 0 Å². The van der Waals surface area contributed by atoms with Gasteiger partial charge in [-0.15, -0.1) is 0 Å². The van der Waals surface area contributed by atoms with Crippen molar-refractivity contribution in [1.82, 2.24) is 15.5 Å². The Hall–Kier alpha value is -1.55. The molecule has 4 aliphatic carbocycles. The van der Waals surface area contributed by atoms with E-state index in [-0.39, 0.29) is 6.03 Å². The molecule has 4 heteroatoms. The molecule has 1 aromatic rings. The molecule has 1 aromatic carbocycles. The average molecular weight is 356 g/mol.